The Morgan fingerprint density at radius 1 is 1.45 bits per heavy atom. The molecule has 0 heterocycles. The van der Waals surface area contributed by atoms with E-state index in [0.29, 0.717) is 13.0 Å². The Kier molecular flexibility index (Phi) is 10.4. The van der Waals surface area contributed by atoms with E-state index in [1.165, 1.54) is 5.56 Å². The summed E-state index contributed by atoms with van der Waals surface area (Å²) in [7, 11) is 1.68. The van der Waals surface area contributed by atoms with Crippen LogP contribution < -0.4 is 10.1 Å². The Labute approximate surface area is 121 Å². The third kappa shape index (κ3) is 8.75. The van der Waals surface area contributed by atoms with Crippen LogP contribution in [0.3, 0.4) is 0 Å². The van der Waals surface area contributed by atoms with E-state index >= 15 is 0 Å². The van der Waals surface area contributed by atoms with Crippen LogP contribution in [0, 0.1) is 6.92 Å². The third-order valence-electron chi connectivity index (χ3n) is 2.33. The second kappa shape index (κ2) is 11.8. The van der Waals surface area contributed by atoms with E-state index in [-0.39, 0.29) is 0 Å². The van der Waals surface area contributed by atoms with Gasteiger partial charge >= 0.3 is 0 Å². The number of nitrogens with one attached hydrogen (secondary N) is 1. The van der Waals surface area contributed by atoms with Gasteiger partial charge in [-0.3, -0.25) is 4.79 Å². The first-order chi connectivity index (χ1) is 9.67. The largest absolute Gasteiger partial charge is 0.497 e. The Balaban J connectivity index is 0.000000367. The van der Waals surface area contributed by atoms with Gasteiger partial charge in [-0.2, -0.15) is 0 Å². The van der Waals surface area contributed by atoms with Gasteiger partial charge < -0.3 is 10.1 Å². The van der Waals surface area contributed by atoms with E-state index in [1.807, 2.05) is 56.3 Å². The number of amides is 1. The molecule has 0 aliphatic carbocycles. The van der Waals surface area contributed by atoms with Crippen molar-refractivity contribution >= 4 is 6.41 Å². The molecule has 0 saturated heterocycles. The van der Waals surface area contributed by atoms with Gasteiger partial charge in [0.2, 0.25) is 6.41 Å². The molecule has 0 bridgehead atoms. The van der Waals surface area contributed by atoms with Gasteiger partial charge in [0.15, 0.2) is 0 Å². The molecule has 0 fully saturated rings. The number of benzene rings is 1. The molecule has 108 valence electrons. The number of carbonyl (C=O) groups is 1. The smallest absolute Gasteiger partial charge is 0.207 e. The molecule has 0 aromatic heterocycles. The zero-order chi connectivity index (χ0) is 15.2. The highest BCUT2D eigenvalue weighted by Gasteiger charge is 1.87. The molecule has 0 unspecified atom stereocenters. The van der Waals surface area contributed by atoms with Gasteiger partial charge in [0.25, 0.3) is 0 Å². The van der Waals surface area contributed by atoms with Gasteiger partial charge in [0.05, 0.1) is 7.11 Å². The number of methoxy groups -OCH3 is 1. The summed E-state index contributed by atoms with van der Waals surface area (Å²) >= 11 is 0. The summed E-state index contributed by atoms with van der Waals surface area (Å²) in [4.78, 5) is 9.93. The fourth-order valence-electron chi connectivity index (χ4n) is 1.44. The minimum absolute atomic E-state index is 0.555. The lowest BCUT2D eigenvalue weighted by Crippen LogP contribution is -2.13. The molecule has 0 aliphatic rings. The molecule has 20 heavy (non-hydrogen) atoms. The maximum Gasteiger partial charge on any atom is 0.207 e. The molecular weight excluding hydrogens is 250 g/mol. The molecule has 1 N–H and O–H groups in total. The minimum Gasteiger partial charge on any atom is -0.497 e. The Hall–Kier alpha value is -2.29. The van der Waals surface area contributed by atoms with Crippen molar-refractivity contribution in [3.05, 3.63) is 66.3 Å². The van der Waals surface area contributed by atoms with Crippen LogP contribution >= 0.6 is 0 Å². The zero-order valence-electron chi connectivity index (χ0n) is 12.4. The predicted molar refractivity (Wildman–Crippen MR) is 84.9 cm³/mol. The number of hydrogen-bond donors (Lipinski definition) is 1. The Morgan fingerprint density at radius 2 is 2.20 bits per heavy atom. The van der Waals surface area contributed by atoms with Crippen LogP contribution in [0.25, 0.3) is 0 Å². The molecule has 1 rings (SSSR count). The predicted octanol–water partition coefficient (Wildman–Crippen LogP) is 3.42. The van der Waals surface area contributed by atoms with Crippen molar-refractivity contribution in [3.8, 4) is 5.75 Å². The highest BCUT2D eigenvalue weighted by atomic mass is 16.5. The average molecular weight is 273 g/mol. The van der Waals surface area contributed by atoms with Gasteiger partial charge in [0.1, 0.15) is 5.75 Å². The second-order valence-electron chi connectivity index (χ2n) is 4.00. The van der Waals surface area contributed by atoms with Gasteiger partial charge in [-0.05, 0) is 37.1 Å². The standard InChI is InChI=1S/C9H13NO.C8H10O/c1-3-5-9(6-4-2)7-10-8-11;1-7-4-3-5-8(6-7)9-2/h3-6,8H,1,7H2,2H3,(H,10,11);3-6H,1-2H3/b6-4-,9-5+;. The van der Waals surface area contributed by atoms with Crippen LogP contribution in [-0.2, 0) is 4.79 Å². The van der Waals surface area contributed by atoms with E-state index < -0.39 is 0 Å². The van der Waals surface area contributed by atoms with Gasteiger partial charge in [-0.1, -0.05) is 43.0 Å². The van der Waals surface area contributed by atoms with Crippen molar-refractivity contribution in [3.63, 3.8) is 0 Å². The van der Waals surface area contributed by atoms with Crippen LogP contribution in [0.1, 0.15) is 12.5 Å². The first-order valence-electron chi connectivity index (χ1n) is 6.39. The maximum absolute atomic E-state index is 9.93. The SMILES string of the molecule is C=C/C=C(\C=C/C)CNC=O.COc1cccc(C)c1. The normalized spacial score (nSPS) is 10.4. The Morgan fingerprint density at radius 3 is 2.65 bits per heavy atom. The molecule has 3 nitrogen and oxygen atoms in total. The quantitative estimate of drug-likeness (QED) is 0.637. The molecular formula is C17H23NO2. The lowest BCUT2D eigenvalue weighted by atomic mass is 10.2. The van der Waals surface area contributed by atoms with Crippen molar-refractivity contribution in [2.45, 2.75) is 13.8 Å². The van der Waals surface area contributed by atoms with Gasteiger partial charge in [0, 0.05) is 6.54 Å². The topological polar surface area (TPSA) is 38.3 Å². The van der Waals surface area contributed by atoms with E-state index in [2.05, 4.69) is 11.9 Å². The molecule has 0 atom stereocenters. The van der Waals surface area contributed by atoms with Crippen LogP contribution in [-0.4, -0.2) is 20.1 Å². The van der Waals surface area contributed by atoms with Gasteiger partial charge in [-0.15, -0.1) is 0 Å². The maximum atomic E-state index is 9.93. The molecule has 0 spiro atoms. The van der Waals surface area contributed by atoms with Crippen LogP contribution in [0.2, 0.25) is 0 Å². The first kappa shape index (κ1) is 17.7. The molecule has 1 amide bonds. The number of aryl methyl sites for hydroxylation is 1. The molecule has 0 radical (unpaired) electrons. The molecule has 3 heteroatoms. The molecule has 1 aromatic rings. The van der Waals surface area contributed by atoms with E-state index in [1.54, 1.807) is 13.2 Å². The Bertz CT molecular complexity index is 462. The van der Waals surface area contributed by atoms with Crippen LogP contribution in [0.15, 0.2) is 60.7 Å². The number of allylic oxidation sites excluding steroid dienone is 3. The average Bonchev–Trinajstić information content (AvgIpc) is 2.46. The van der Waals surface area contributed by atoms with Crippen molar-refractivity contribution in [2.24, 2.45) is 0 Å². The summed E-state index contributed by atoms with van der Waals surface area (Å²) in [5.41, 5.74) is 2.27. The van der Waals surface area contributed by atoms with E-state index in [9.17, 15) is 4.79 Å². The molecule has 0 aliphatic heterocycles. The molecule has 0 saturated carbocycles. The lowest BCUT2D eigenvalue weighted by Gasteiger charge is -1.97. The number of ether oxygens (including phenoxy) is 1. The number of carbonyl (C=O) groups excluding carboxylic acids is 1. The number of rotatable bonds is 6. The van der Waals surface area contributed by atoms with E-state index in [4.69, 9.17) is 4.74 Å². The van der Waals surface area contributed by atoms with Crippen molar-refractivity contribution in [2.75, 3.05) is 13.7 Å². The fraction of sp³-hybridized carbons (Fsp3) is 0.235. The summed E-state index contributed by atoms with van der Waals surface area (Å²) in [6, 6.07) is 7.96. The van der Waals surface area contributed by atoms with E-state index in [0.717, 1.165) is 11.3 Å². The summed E-state index contributed by atoms with van der Waals surface area (Å²) in [6.07, 6.45) is 8.08. The molecule has 1 aromatic carbocycles. The van der Waals surface area contributed by atoms with Gasteiger partial charge in [-0.25, -0.2) is 0 Å². The third-order valence-corrected chi connectivity index (χ3v) is 2.33. The summed E-state index contributed by atoms with van der Waals surface area (Å²) < 4.78 is 5.00. The van der Waals surface area contributed by atoms with Crippen molar-refractivity contribution < 1.29 is 9.53 Å². The van der Waals surface area contributed by atoms with Crippen molar-refractivity contribution in [1.82, 2.24) is 5.32 Å². The second-order valence-corrected chi connectivity index (χ2v) is 4.00. The summed E-state index contributed by atoms with van der Waals surface area (Å²) in [5, 5.41) is 2.57. The van der Waals surface area contributed by atoms with Crippen LogP contribution in [0.5, 0.6) is 5.75 Å². The zero-order valence-corrected chi connectivity index (χ0v) is 12.4. The fourth-order valence-corrected chi connectivity index (χ4v) is 1.44. The summed E-state index contributed by atoms with van der Waals surface area (Å²) in [6.45, 7) is 8.09. The highest BCUT2D eigenvalue weighted by molar-refractivity contribution is 5.47. The van der Waals surface area contributed by atoms with Crippen LogP contribution in [0.4, 0.5) is 0 Å². The summed E-state index contributed by atoms with van der Waals surface area (Å²) in [5.74, 6) is 0.926. The monoisotopic (exact) mass is 273 g/mol. The minimum atomic E-state index is 0.555. The number of hydrogen-bond acceptors (Lipinski definition) is 2. The highest BCUT2D eigenvalue weighted by Crippen LogP contribution is 2.10. The lowest BCUT2D eigenvalue weighted by molar-refractivity contribution is -0.109. The first-order valence-corrected chi connectivity index (χ1v) is 6.39. The van der Waals surface area contributed by atoms with Crippen molar-refractivity contribution in [1.29, 1.82) is 0 Å².